The van der Waals surface area contributed by atoms with E-state index in [-0.39, 0.29) is 11.5 Å². The molecule has 5 heteroatoms. The minimum atomic E-state index is 0.00529. The Morgan fingerprint density at radius 3 is 2.22 bits per heavy atom. The Balaban J connectivity index is 1.58. The maximum atomic E-state index is 12.4. The second-order valence-corrected chi connectivity index (χ2v) is 10.1. The van der Waals surface area contributed by atoms with Gasteiger partial charge in [-0.2, -0.15) is 0 Å². The van der Waals surface area contributed by atoms with Gasteiger partial charge in [-0.1, -0.05) is 76.6 Å². The molecule has 0 amide bonds. The number of thioether (sulfide) groups is 1. The van der Waals surface area contributed by atoms with Crippen LogP contribution in [0.3, 0.4) is 0 Å². The third kappa shape index (κ3) is 8.65. The minimum Gasteiger partial charge on any atom is -0.493 e. The number of nitrogens with zero attached hydrogens (tertiary/aromatic N) is 1. The van der Waals surface area contributed by atoms with Crippen molar-refractivity contribution in [1.82, 2.24) is 4.57 Å². The number of ether oxygens (including phenoxy) is 1. The van der Waals surface area contributed by atoms with E-state index in [1.807, 2.05) is 27.7 Å². The van der Waals surface area contributed by atoms with Crippen LogP contribution in [0.2, 0.25) is 0 Å². The first-order valence-corrected chi connectivity index (χ1v) is 13.4. The normalized spacial score (nSPS) is 11.4. The summed E-state index contributed by atoms with van der Waals surface area (Å²) in [7, 11) is 0. The molecule has 0 saturated carbocycles. The van der Waals surface area contributed by atoms with E-state index in [0.29, 0.717) is 24.0 Å². The van der Waals surface area contributed by atoms with E-state index in [2.05, 4.69) is 18.2 Å². The number of pyridine rings is 1. The van der Waals surface area contributed by atoms with Crippen LogP contribution in [0.25, 0.3) is 10.9 Å². The first-order chi connectivity index (χ1) is 15.4. The molecule has 1 aromatic carbocycles. The zero-order valence-electron chi connectivity index (χ0n) is 20.5. The van der Waals surface area contributed by atoms with E-state index in [1.54, 1.807) is 10.6 Å². The molecule has 0 unspecified atom stereocenters. The van der Waals surface area contributed by atoms with Gasteiger partial charge >= 0.3 is 0 Å². The Bertz CT molecular complexity index is 904. The van der Waals surface area contributed by atoms with E-state index in [9.17, 15) is 9.59 Å². The lowest BCUT2D eigenvalue weighted by atomic mass is 10.1. The van der Waals surface area contributed by atoms with Gasteiger partial charge in [0, 0.05) is 29.7 Å². The van der Waals surface area contributed by atoms with Crippen LogP contribution < -0.4 is 10.3 Å². The summed E-state index contributed by atoms with van der Waals surface area (Å²) in [5, 5.41) is 1.34. The SMILES string of the molecule is CCn1c(=O)cc(OCCCCCCCCCCCSC(=O)C(C)C)c2ccc(C)cc21. The van der Waals surface area contributed by atoms with Gasteiger partial charge in [-0.25, -0.2) is 0 Å². The van der Waals surface area contributed by atoms with Gasteiger partial charge in [0.25, 0.3) is 5.56 Å². The number of aromatic nitrogens is 1. The van der Waals surface area contributed by atoms with Crippen LogP contribution in [0.4, 0.5) is 0 Å². The van der Waals surface area contributed by atoms with E-state index in [1.165, 1.54) is 50.3 Å². The van der Waals surface area contributed by atoms with Gasteiger partial charge in [0.05, 0.1) is 12.1 Å². The zero-order chi connectivity index (χ0) is 23.3. The zero-order valence-corrected chi connectivity index (χ0v) is 21.3. The lowest BCUT2D eigenvalue weighted by Gasteiger charge is -2.13. The van der Waals surface area contributed by atoms with Crippen molar-refractivity contribution in [2.24, 2.45) is 5.92 Å². The average Bonchev–Trinajstić information content (AvgIpc) is 2.76. The van der Waals surface area contributed by atoms with Crippen molar-refractivity contribution in [1.29, 1.82) is 0 Å². The number of unbranched alkanes of at least 4 members (excludes halogenated alkanes) is 8. The molecule has 1 heterocycles. The predicted molar refractivity (Wildman–Crippen MR) is 138 cm³/mol. The first kappa shape index (κ1) is 26.5. The maximum absolute atomic E-state index is 12.4. The Hall–Kier alpha value is -1.75. The summed E-state index contributed by atoms with van der Waals surface area (Å²) in [6.07, 6.45) is 10.9. The van der Waals surface area contributed by atoms with Gasteiger partial charge in [-0.15, -0.1) is 0 Å². The summed E-state index contributed by atoms with van der Waals surface area (Å²) in [5.74, 6) is 1.83. The smallest absolute Gasteiger partial charge is 0.254 e. The molecule has 2 aromatic rings. The number of hydrogen-bond donors (Lipinski definition) is 0. The Labute approximate surface area is 198 Å². The highest BCUT2D eigenvalue weighted by Crippen LogP contribution is 2.25. The fraction of sp³-hybridized carbons (Fsp3) is 0.630. The second kappa shape index (κ2) is 14.4. The van der Waals surface area contributed by atoms with Crippen molar-refractivity contribution in [3.8, 4) is 5.75 Å². The molecule has 0 aliphatic heterocycles. The number of hydrogen-bond acceptors (Lipinski definition) is 4. The highest BCUT2D eigenvalue weighted by atomic mass is 32.2. The first-order valence-electron chi connectivity index (χ1n) is 12.4. The lowest BCUT2D eigenvalue weighted by molar-refractivity contribution is -0.113. The van der Waals surface area contributed by atoms with Gasteiger partial charge in [0.1, 0.15) is 5.75 Å². The summed E-state index contributed by atoms with van der Waals surface area (Å²) < 4.78 is 7.82. The largest absolute Gasteiger partial charge is 0.493 e. The van der Waals surface area contributed by atoms with Crippen LogP contribution in [0.1, 0.15) is 84.1 Å². The summed E-state index contributed by atoms with van der Waals surface area (Å²) in [5.41, 5.74) is 2.11. The molecule has 0 radical (unpaired) electrons. The fourth-order valence-corrected chi connectivity index (χ4v) is 4.75. The van der Waals surface area contributed by atoms with Crippen LogP contribution in [-0.4, -0.2) is 22.0 Å². The molecular formula is C27H41NO3S. The quantitative estimate of drug-likeness (QED) is 0.266. The van der Waals surface area contributed by atoms with Crippen LogP contribution in [-0.2, 0) is 11.3 Å². The number of aryl methyl sites for hydroxylation is 2. The molecule has 4 nitrogen and oxygen atoms in total. The fourth-order valence-electron chi connectivity index (χ4n) is 3.87. The minimum absolute atomic E-state index is 0.00529. The third-order valence-electron chi connectivity index (χ3n) is 5.81. The molecule has 0 N–H and O–H groups in total. The molecule has 0 aliphatic rings. The molecule has 0 atom stereocenters. The number of carbonyl (C=O) groups is 1. The van der Waals surface area contributed by atoms with Crippen LogP contribution >= 0.6 is 11.8 Å². The predicted octanol–water partition coefficient (Wildman–Crippen LogP) is 7.14. The molecule has 2 rings (SSSR count). The van der Waals surface area contributed by atoms with Gasteiger partial charge in [0.15, 0.2) is 5.12 Å². The maximum Gasteiger partial charge on any atom is 0.254 e. The van der Waals surface area contributed by atoms with Crippen LogP contribution in [0.5, 0.6) is 5.75 Å². The molecular weight excluding hydrogens is 418 g/mol. The summed E-state index contributed by atoms with van der Waals surface area (Å²) >= 11 is 1.50. The lowest BCUT2D eigenvalue weighted by Crippen LogP contribution is -2.19. The summed E-state index contributed by atoms with van der Waals surface area (Å²) in [6, 6.07) is 7.84. The van der Waals surface area contributed by atoms with Crippen molar-refractivity contribution < 1.29 is 9.53 Å². The topological polar surface area (TPSA) is 48.3 Å². The van der Waals surface area contributed by atoms with E-state index >= 15 is 0 Å². The van der Waals surface area contributed by atoms with E-state index < -0.39 is 0 Å². The molecule has 0 aliphatic carbocycles. The van der Waals surface area contributed by atoms with Gasteiger partial charge in [-0.3, -0.25) is 9.59 Å². The summed E-state index contributed by atoms with van der Waals surface area (Å²) in [4.78, 5) is 24.0. The Kier molecular flexibility index (Phi) is 11.9. The average molecular weight is 460 g/mol. The van der Waals surface area contributed by atoms with E-state index in [0.717, 1.165) is 41.5 Å². The van der Waals surface area contributed by atoms with Gasteiger partial charge in [0.2, 0.25) is 0 Å². The van der Waals surface area contributed by atoms with Crippen LogP contribution in [0, 0.1) is 12.8 Å². The number of rotatable bonds is 15. The highest BCUT2D eigenvalue weighted by Gasteiger charge is 2.09. The molecule has 0 fully saturated rings. The number of benzene rings is 1. The summed E-state index contributed by atoms with van der Waals surface area (Å²) in [6.45, 7) is 9.30. The van der Waals surface area contributed by atoms with Crippen molar-refractivity contribution in [2.45, 2.75) is 92.0 Å². The molecule has 0 bridgehead atoms. The van der Waals surface area contributed by atoms with E-state index in [4.69, 9.17) is 4.74 Å². The van der Waals surface area contributed by atoms with Crippen molar-refractivity contribution >= 4 is 27.8 Å². The third-order valence-corrected chi connectivity index (χ3v) is 7.06. The Morgan fingerprint density at radius 2 is 1.59 bits per heavy atom. The monoisotopic (exact) mass is 459 g/mol. The van der Waals surface area contributed by atoms with Crippen molar-refractivity contribution in [2.75, 3.05) is 12.4 Å². The Morgan fingerprint density at radius 1 is 0.969 bits per heavy atom. The number of carbonyl (C=O) groups excluding carboxylic acids is 1. The molecule has 32 heavy (non-hydrogen) atoms. The molecule has 0 spiro atoms. The van der Waals surface area contributed by atoms with Gasteiger partial charge in [-0.05, 0) is 44.4 Å². The van der Waals surface area contributed by atoms with Gasteiger partial charge < -0.3 is 9.30 Å². The second-order valence-electron chi connectivity index (χ2n) is 8.96. The number of fused-ring (bicyclic) bond motifs is 1. The molecule has 178 valence electrons. The standard InChI is InChI=1S/C27H41NO3S/c1-5-28-24-19-22(4)15-16-23(24)25(20-26(28)29)31-17-13-11-9-7-6-8-10-12-14-18-32-27(30)21(2)3/h15-16,19-21H,5-14,17-18H2,1-4H3. The van der Waals surface area contributed by atoms with Crippen molar-refractivity contribution in [3.63, 3.8) is 0 Å². The van der Waals surface area contributed by atoms with Crippen molar-refractivity contribution in [3.05, 3.63) is 40.2 Å². The molecule has 0 saturated heterocycles. The highest BCUT2D eigenvalue weighted by molar-refractivity contribution is 8.13. The van der Waals surface area contributed by atoms with Crippen LogP contribution in [0.15, 0.2) is 29.1 Å². The molecule has 1 aromatic heterocycles.